The highest BCUT2D eigenvalue weighted by atomic mass is 16.3. The van der Waals surface area contributed by atoms with Gasteiger partial charge in [-0.15, -0.1) is 0 Å². The van der Waals surface area contributed by atoms with Gasteiger partial charge in [-0.3, -0.25) is 9.59 Å². The highest BCUT2D eigenvalue weighted by Crippen LogP contribution is 2.26. The molecule has 1 saturated carbocycles. The number of aromatic nitrogens is 2. The van der Waals surface area contributed by atoms with Crippen molar-refractivity contribution in [3.8, 4) is 0 Å². The van der Waals surface area contributed by atoms with Crippen LogP contribution in [0.5, 0.6) is 0 Å². The zero-order valence-corrected chi connectivity index (χ0v) is 15.0. The van der Waals surface area contributed by atoms with Gasteiger partial charge in [0.2, 0.25) is 0 Å². The van der Waals surface area contributed by atoms with Crippen molar-refractivity contribution in [2.75, 3.05) is 6.54 Å². The van der Waals surface area contributed by atoms with E-state index in [2.05, 4.69) is 9.97 Å². The average molecular weight is 355 g/mol. The lowest BCUT2D eigenvalue weighted by molar-refractivity contribution is 0.0452. The van der Waals surface area contributed by atoms with Crippen LogP contribution in [-0.4, -0.2) is 38.5 Å². The minimum absolute atomic E-state index is 0.0291. The Kier molecular flexibility index (Phi) is 5.83. The molecule has 0 bridgehead atoms. The number of aliphatic hydroxyl groups is 1. The highest BCUT2D eigenvalue weighted by molar-refractivity contribution is 5.93. The Bertz CT molecular complexity index is 797. The molecule has 138 valence electrons. The number of rotatable bonds is 5. The van der Waals surface area contributed by atoms with Crippen LogP contribution in [0.25, 0.3) is 0 Å². The highest BCUT2D eigenvalue weighted by Gasteiger charge is 2.30. The fourth-order valence-electron chi connectivity index (χ4n) is 3.55. The number of carbonyl (C=O) groups excluding carboxylic acids is 1. The third kappa shape index (κ3) is 4.19. The number of aryl methyl sites for hydroxylation is 1. The molecule has 1 fully saturated rings. The van der Waals surface area contributed by atoms with Crippen molar-refractivity contribution in [3.05, 3.63) is 63.8 Å². The summed E-state index contributed by atoms with van der Waals surface area (Å²) >= 11 is 0. The van der Waals surface area contributed by atoms with Gasteiger partial charge in [0.15, 0.2) is 0 Å². The van der Waals surface area contributed by atoms with E-state index >= 15 is 0 Å². The fraction of sp³-hybridized carbons (Fsp3) is 0.450. The Labute approximate surface area is 152 Å². The molecule has 2 aromatic rings. The van der Waals surface area contributed by atoms with Gasteiger partial charge in [0, 0.05) is 12.2 Å². The van der Waals surface area contributed by atoms with Gasteiger partial charge in [0.25, 0.3) is 11.5 Å². The van der Waals surface area contributed by atoms with Crippen LogP contribution in [-0.2, 0) is 0 Å². The smallest absolute Gasteiger partial charge is 0.263 e. The number of benzene rings is 1. The first-order chi connectivity index (χ1) is 12.6. The molecule has 3 rings (SSSR count). The molecule has 0 radical (unpaired) electrons. The molecule has 0 saturated heterocycles. The standard InChI is InChI=1S/C20H25N3O3/c1-14-21-12-17(19(25)22-14)20(26)23(16-10-6-3-7-11-16)13-18(24)15-8-4-2-5-9-15/h2,4-5,8-9,12,16,18,24H,3,6-7,10-11,13H2,1H3,(H,21,22,25)/t18-/m0/s1. The van der Waals surface area contributed by atoms with Gasteiger partial charge in [-0.25, -0.2) is 4.98 Å². The van der Waals surface area contributed by atoms with Crippen molar-refractivity contribution in [1.29, 1.82) is 0 Å². The number of nitrogens with zero attached hydrogens (tertiary/aromatic N) is 2. The third-order valence-corrected chi connectivity index (χ3v) is 4.99. The SMILES string of the molecule is Cc1ncc(C(=O)N(C[C@H](O)c2ccccc2)C2CCCCC2)c(=O)[nH]1. The van der Waals surface area contributed by atoms with Gasteiger partial charge in [0.05, 0.1) is 12.6 Å². The molecule has 1 amide bonds. The summed E-state index contributed by atoms with van der Waals surface area (Å²) < 4.78 is 0. The number of hydrogen-bond donors (Lipinski definition) is 2. The third-order valence-electron chi connectivity index (χ3n) is 4.99. The lowest BCUT2D eigenvalue weighted by Gasteiger charge is -2.35. The van der Waals surface area contributed by atoms with Crippen LogP contribution < -0.4 is 5.56 Å². The maximum atomic E-state index is 13.1. The Balaban J connectivity index is 1.87. The molecule has 1 atom stereocenters. The maximum absolute atomic E-state index is 13.1. The summed E-state index contributed by atoms with van der Waals surface area (Å²) in [5.41, 5.74) is 0.357. The molecule has 2 N–H and O–H groups in total. The van der Waals surface area contributed by atoms with Crippen LogP contribution in [0.15, 0.2) is 41.3 Å². The summed E-state index contributed by atoms with van der Waals surface area (Å²) in [7, 11) is 0. The zero-order chi connectivity index (χ0) is 18.5. The summed E-state index contributed by atoms with van der Waals surface area (Å²) in [4.78, 5) is 33.6. The van der Waals surface area contributed by atoms with Crippen LogP contribution in [0.4, 0.5) is 0 Å². The molecule has 1 aliphatic rings. The van der Waals surface area contributed by atoms with Crippen LogP contribution in [0.2, 0.25) is 0 Å². The van der Waals surface area contributed by atoms with Crippen molar-refractivity contribution in [3.63, 3.8) is 0 Å². The van der Waals surface area contributed by atoms with Gasteiger partial charge in [-0.1, -0.05) is 49.6 Å². The van der Waals surface area contributed by atoms with Crippen LogP contribution >= 0.6 is 0 Å². The minimum atomic E-state index is -0.792. The van der Waals surface area contributed by atoms with E-state index in [-0.39, 0.29) is 24.1 Å². The van der Waals surface area contributed by atoms with E-state index in [0.717, 1.165) is 37.7 Å². The number of hydrogen-bond acceptors (Lipinski definition) is 4. The summed E-state index contributed by atoms with van der Waals surface area (Å²) in [5.74, 6) is 0.112. The molecule has 1 aromatic carbocycles. The van der Waals surface area contributed by atoms with Crippen LogP contribution in [0.3, 0.4) is 0 Å². The summed E-state index contributed by atoms with van der Waals surface area (Å²) in [5, 5.41) is 10.6. The van der Waals surface area contributed by atoms with Gasteiger partial charge in [-0.2, -0.15) is 0 Å². The van der Waals surface area contributed by atoms with Gasteiger partial charge in [-0.05, 0) is 25.3 Å². The van der Waals surface area contributed by atoms with Crippen molar-refractivity contribution in [2.45, 2.75) is 51.2 Å². The van der Waals surface area contributed by atoms with Crippen molar-refractivity contribution in [2.24, 2.45) is 0 Å². The number of H-pyrrole nitrogens is 1. The van der Waals surface area contributed by atoms with Crippen LogP contribution in [0, 0.1) is 6.92 Å². The van der Waals surface area contributed by atoms with E-state index in [0.29, 0.717) is 5.82 Å². The maximum Gasteiger partial charge on any atom is 0.263 e. The second-order valence-corrected chi connectivity index (χ2v) is 6.89. The number of carbonyl (C=O) groups is 1. The van der Waals surface area contributed by atoms with E-state index < -0.39 is 11.7 Å². The Morgan fingerprint density at radius 3 is 2.62 bits per heavy atom. The molecule has 1 aliphatic carbocycles. The molecule has 0 unspecified atom stereocenters. The first-order valence-electron chi connectivity index (χ1n) is 9.16. The van der Waals surface area contributed by atoms with Crippen molar-refractivity contribution < 1.29 is 9.90 Å². The first-order valence-corrected chi connectivity index (χ1v) is 9.16. The first kappa shape index (κ1) is 18.3. The van der Waals surface area contributed by atoms with Crippen LogP contribution in [0.1, 0.15) is 60.0 Å². The topological polar surface area (TPSA) is 86.3 Å². The molecule has 0 aliphatic heterocycles. The predicted octanol–water partition coefficient (Wildman–Crippen LogP) is 2.59. The number of amides is 1. The Morgan fingerprint density at radius 1 is 1.27 bits per heavy atom. The average Bonchev–Trinajstić information content (AvgIpc) is 2.67. The molecule has 0 spiro atoms. The largest absolute Gasteiger partial charge is 0.387 e. The number of aromatic amines is 1. The molecule has 6 nitrogen and oxygen atoms in total. The van der Waals surface area contributed by atoms with E-state index in [1.54, 1.807) is 11.8 Å². The van der Waals surface area contributed by atoms with Gasteiger partial charge >= 0.3 is 0 Å². The summed E-state index contributed by atoms with van der Waals surface area (Å²) in [6.07, 6.45) is 5.60. The number of nitrogens with one attached hydrogen (secondary N) is 1. The van der Waals surface area contributed by atoms with E-state index in [9.17, 15) is 14.7 Å². The monoisotopic (exact) mass is 355 g/mol. The van der Waals surface area contributed by atoms with E-state index in [4.69, 9.17) is 0 Å². The normalized spacial score (nSPS) is 16.2. The quantitative estimate of drug-likeness (QED) is 0.863. The van der Waals surface area contributed by atoms with E-state index in [1.807, 2.05) is 30.3 Å². The molecule has 26 heavy (non-hydrogen) atoms. The van der Waals surface area contributed by atoms with E-state index in [1.165, 1.54) is 6.20 Å². The minimum Gasteiger partial charge on any atom is -0.387 e. The second kappa shape index (κ2) is 8.27. The van der Waals surface area contributed by atoms with Gasteiger partial charge < -0.3 is 15.0 Å². The molecular weight excluding hydrogens is 330 g/mol. The number of aliphatic hydroxyl groups excluding tert-OH is 1. The molecule has 1 aromatic heterocycles. The molecule has 6 heteroatoms. The Hall–Kier alpha value is -2.47. The lowest BCUT2D eigenvalue weighted by Crippen LogP contribution is -2.45. The predicted molar refractivity (Wildman–Crippen MR) is 98.9 cm³/mol. The fourth-order valence-corrected chi connectivity index (χ4v) is 3.55. The van der Waals surface area contributed by atoms with Gasteiger partial charge in [0.1, 0.15) is 11.4 Å². The Morgan fingerprint density at radius 2 is 1.96 bits per heavy atom. The van der Waals surface area contributed by atoms with Crippen molar-refractivity contribution in [1.82, 2.24) is 14.9 Å². The van der Waals surface area contributed by atoms with Crippen molar-refractivity contribution >= 4 is 5.91 Å². The molecule has 1 heterocycles. The lowest BCUT2D eigenvalue weighted by atomic mass is 9.93. The summed E-state index contributed by atoms with van der Waals surface area (Å²) in [6, 6.07) is 9.33. The summed E-state index contributed by atoms with van der Waals surface area (Å²) in [6.45, 7) is 1.84. The molecular formula is C20H25N3O3. The zero-order valence-electron chi connectivity index (χ0n) is 15.0. The second-order valence-electron chi connectivity index (χ2n) is 6.89.